The third kappa shape index (κ3) is 7.44. The lowest BCUT2D eigenvalue weighted by molar-refractivity contribution is -0.124. The Morgan fingerprint density at radius 1 is 1.33 bits per heavy atom. The highest BCUT2D eigenvalue weighted by Crippen LogP contribution is 2.17. The van der Waals surface area contributed by atoms with E-state index in [1.807, 2.05) is 0 Å². The molecule has 0 radical (unpaired) electrons. The highest BCUT2D eigenvalue weighted by atomic mass is 35.5. The quantitative estimate of drug-likeness (QED) is 0.687. The Hall–Kier alpha value is -1.41. The molecule has 1 aliphatic rings. The van der Waals surface area contributed by atoms with Gasteiger partial charge in [-0.15, -0.1) is 24.8 Å². The van der Waals surface area contributed by atoms with Gasteiger partial charge in [0, 0.05) is 32.4 Å². The second-order valence-corrected chi connectivity index (χ2v) is 5.31. The Kier molecular flexibility index (Phi) is 11.3. The smallest absolute Gasteiger partial charge is 0.237 e. The van der Waals surface area contributed by atoms with Gasteiger partial charge in [0.25, 0.3) is 0 Å². The van der Waals surface area contributed by atoms with Crippen LogP contribution in [0.2, 0.25) is 0 Å². The number of hydrogen-bond acceptors (Lipinski definition) is 5. The molecule has 1 aromatic heterocycles. The minimum atomic E-state index is -0.537. The summed E-state index contributed by atoms with van der Waals surface area (Å²) in [6.45, 7) is 1.57. The lowest BCUT2D eigenvalue weighted by Gasteiger charge is -2.26. The first-order valence-corrected chi connectivity index (χ1v) is 7.47. The van der Waals surface area contributed by atoms with Crippen LogP contribution in [0.15, 0.2) is 24.5 Å². The molecule has 2 rings (SSSR count). The zero-order chi connectivity index (χ0) is 15.8. The van der Waals surface area contributed by atoms with E-state index in [-0.39, 0.29) is 55.5 Å². The summed E-state index contributed by atoms with van der Waals surface area (Å²) in [7, 11) is 0. The van der Waals surface area contributed by atoms with Crippen LogP contribution in [0, 0.1) is 5.92 Å². The van der Waals surface area contributed by atoms with Gasteiger partial charge in [0.15, 0.2) is 0 Å². The number of nitrogens with zero attached hydrogens (tertiary/aromatic N) is 1. The van der Waals surface area contributed by atoms with Gasteiger partial charge in [-0.3, -0.25) is 14.6 Å². The van der Waals surface area contributed by atoms with Crippen LogP contribution in [0.5, 0.6) is 0 Å². The number of amides is 2. The Bertz CT molecular complexity index is 499. The van der Waals surface area contributed by atoms with Crippen LogP contribution in [0.4, 0.5) is 5.69 Å². The van der Waals surface area contributed by atoms with Crippen molar-refractivity contribution in [2.45, 2.75) is 25.3 Å². The van der Waals surface area contributed by atoms with Crippen molar-refractivity contribution in [3.8, 4) is 0 Å². The van der Waals surface area contributed by atoms with Gasteiger partial charge in [-0.1, -0.05) is 0 Å². The monoisotopic (exact) mass is 378 g/mol. The van der Waals surface area contributed by atoms with E-state index < -0.39 is 6.04 Å². The molecule has 1 saturated heterocycles. The van der Waals surface area contributed by atoms with Crippen molar-refractivity contribution < 1.29 is 14.3 Å². The Morgan fingerprint density at radius 3 is 2.67 bits per heavy atom. The van der Waals surface area contributed by atoms with E-state index in [1.165, 1.54) is 0 Å². The third-order valence-electron chi connectivity index (χ3n) is 3.67. The molecule has 24 heavy (non-hydrogen) atoms. The first kappa shape index (κ1) is 22.6. The van der Waals surface area contributed by atoms with Gasteiger partial charge in [0.05, 0.1) is 17.9 Å². The second-order valence-electron chi connectivity index (χ2n) is 5.31. The molecule has 9 heteroatoms. The predicted molar refractivity (Wildman–Crippen MR) is 96.5 cm³/mol. The summed E-state index contributed by atoms with van der Waals surface area (Å²) in [6.07, 6.45) is 5.00. The summed E-state index contributed by atoms with van der Waals surface area (Å²) in [6, 6.07) is 2.96. The molecule has 2 amide bonds. The molecule has 2 heterocycles. The number of anilines is 1. The number of rotatable bonds is 6. The van der Waals surface area contributed by atoms with E-state index in [9.17, 15) is 9.59 Å². The standard InChI is InChI=1S/C15H22N4O3.2ClH/c16-14(11-4-8-22-9-5-11)15(21)18-7-3-13(20)19-12-2-1-6-17-10-12;;/h1-2,6,10-11,14H,3-5,7-9,16H2,(H,18,21)(H,19,20);2*1H. The first-order chi connectivity index (χ1) is 10.7. The number of aromatic nitrogens is 1. The summed E-state index contributed by atoms with van der Waals surface area (Å²) in [5.41, 5.74) is 6.59. The van der Waals surface area contributed by atoms with Crippen molar-refractivity contribution >= 4 is 42.3 Å². The maximum Gasteiger partial charge on any atom is 0.237 e. The lowest BCUT2D eigenvalue weighted by Crippen LogP contribution is -2.47. The number of carbonyl (C=O) groups excluding carboxylic acids is 2. The number of pyridine rings is 1. The van der Waals surface area contributed by atoms with Crippen molar-refractivity contribution in [2.75, 3.05) is 25.1 Å². The second kappa shape index (κ2) is 12.0. The van der Waals surface area contributed by atoms with Crippen molar-refractivity contribution in [1.82, 2.24) is 10.3 Å². The molecule has 1 fully saturated rings. The largest absolute Gasteiger partial charge is 0.381 e. The zero-order valence-corrected chi connectivity index (χ0v) is 14.9. The van der Waals surface area contributed by atoms with Crippen LogP contribution >= 0.6 is 24.8 Å². The molecule has 1 aliphatic heterocycles. The van der Waals surface area contributed by atoms with Crippen molar-refractivity contribution in [3.63, 3.8) is 0 Å². The fraction of sp³-hybridized carbons (Fsp3) is 0.533. The fourth-order valence-corrected chi connectivity index (χ4v) is 2.37. The van der Waals surface area contributed by atoms with Crippen molar-refractivity contribution in [3.05, 3.63) is 24.5 Å². The summed E-state index contributed by atoms with van der Waals surface area (Å²) >= 11 is 0. The number of nitrogens with one attached hydrogen (secondary N) is 2. The van der Waals surface area contributed by atoms with Crippen LogP contribution < -0.4 is 16.4 Å². The first-order valence-electron chi connectivity index (χ1n) is 7.47. The molecule has 0 aromatic carbocycles. The molecule has 0 bridgehead atoms. The maximum atomic E-state index is 12.0. The number of hydrogen-bond donors (Lipinski definition) is 3. The highest BCUT2D eigenvalue weighted by Gasteiger charge is 2.26. The number of nitrogens with two attached hydrogens (primary N) is 1. The van der Waals surface area contributed by atoms with Gasteiger partial charge in [0.2, 0.25) is 11.8 Å². The minimum Gasteiger partial charge on any atom is -0.381 e. The van der Waals surface area contributed by atoms with Crippen LogP contribution in [0.25, 0.3) is 0 Å². The topological polar surface area (TPSA) is 106 Å². The van der Waals surface area contributed by atoms with Crippen LogP contribution in [-0.4, -0.2) is 42.6 Å². The van der Waals surface area contributed by atoms with Gasteiger partial charge in [-0.05, 0) is 30.9 Å². The number of carbonyl (C=O) groups is 2. The minimum absolute atomic E-state index is 0. The van der Waals surface area contributed by atoms with Crippen LogP contribution in [-0.2, 0) is 14.3 Å². The summed E-state index contributed by atoms with van der Waals surface area (Å²) < 4.78 is 5.25. The van der Waals surface area contributed by atoms with E-state index in [0.29, 0.717) is 18.9 Å². The number of ether oxygens (including phenoxy) is 1. The molecule has 0 saturated carbocycles. The van der Waals surface area contributed by atoms with Gasteiger partial charge >= 0.3 is 0 Å². The maximum absolute atomic E-state index is 12.0. The lowest BCUT2D eigenvalue weighted by atomic mass is 9.92. The Balaban J connectivity index is 0.00000264. The van der Waals surface area contributed by atoms with Crippen molar-refractivity contribution in [1.29, 1.82) is 0 Å². The van der Waals surface area contributed by atoms with Crippen LogP contribution in [0.1, 0.15) is 19.3 Å². The summed E-state index contributed by atoms with van der Waals surface area (Å²) in [4.78, 5) is 27.6. The average Bonchev–Trinajstić information content (AvgIpc) is 2.55. The summed E-state index contributed by atoms with van der Waals surface area (Å²) in [5.74, 6) is -0.230. The molecule has 1 aromatic rings. The van der Waals surface area contributed by atoms with Gasteiger partial charge in [0.1, 0.15) is 0 Å². The van der Waals surface area contributed by atoms with Gasteiger partial charge in [-0.2, -0.15) is 0 Å². The van der Waals surface area contributed by atoms with Gasteiger partial charge < -0.3 is 21.1 Å². The predicted octanol–water partition coefficient (Wildman–Crippen LogP) is 1.12. The highest BCUT2D eigenvalue weighted by molar-refractivity contribution is 5.91. The van der Waals surface area contributed by atoms with Crippen LogP contribution in [0.3, 0.4) is 0 Å². The molecular formula is C15H24Cl2N4O3. The number of halogens is 2. The fourth-order valence-electron chi connectivity index (χ4n) is 2.37. The average molecular weight is 379 g/mol. The van der Waals surface area contributed by atoms with Gasteiger partial charge in [-0.25, -0.2) is 0 Å². The molecule has 7 nitrogen and oxygen atoms in total. The van der Waals surface area contributed by atoms with Crippen molar-refractivity contribution in [2.24, 2.45) is 11.7 Å². The molecule has 0 spiro atoms. The molecule has 1 atom stereocenters. The SMILES string of the molecule is Cl.Cl.NC(C(=O)NCCC(=O)Nc1cccnc1)C1CCOCC1. The molecule has 1 unspecified atom stereocenters. The molecule has 4 N–H and O–H groups in total. The van der Waals surface area contributed by atoms with E-state index in [0.717, 1.165) is 12.8 Å². The molecule has 0 aliphatic carbocycles. The summed E-state index contributed by atoms with van der Waals surface area (Å²) in [5, 5.41) is 5.42. The Labute approximate surface area is 153 Å². The Morgan fingerprint density at radius 2 is 2.04 bits per heavy atom. The normalized spacial score (nSPS) is 15.4. The van der Waals surface area contributed by atoms with E-state index >= 15 is 0 Å². The molecular weight excluding hydrogens is 355 g/mol. The zero-order valence-electron chi connectivity index (χ0n) is 13.3. The third-order valence-corrected chi connectivity index (χ3v) is 3.67. The molecule has 136 valence electrons. The van der Waals surface area contributed by atoms with E-state index in [4.69, 9.17) is 10.5 Å². The van der Waals surface area contributed by atoms with E-state index in [1.54, 1.807) is 24.5 Å². The van der Waals surface area contributed by atoms with E-state index in [2.05, 4.69) is 15.6 Å².